The van der Waals surface area contributed by atoms with E-state index in [0.717, 1.165) is 43.0 Å². The van der Waals surface area contributed by atoms with E-state index < -0.39 is 11.6 Å². The highest BCUT2D eigenvalue weighted by atomic mass is 19.2. The van der Waals surface area contributed by atoms with E-state index in [1.807, 2.05) is 13.0 Å². The van der Waals surface area contributed by atoms with Gasteiger partial charge in [-0.05, 0) is 50.6 Å². The molecule has 1 aromatic carbocycles. The lowest BCUT2D eigenvalue weighted by Crippen LogP contribution is -2.38. The highest BCUT2D eigenvalue weighted by Gasteiger charge is 2.19. The van der Waals surface area contributed by atoms with Crippen molar-refractivity contribution >= 4 is 17.0 Å². The Balaban J connectivity index is 1.53. The zero-order valence-corrected chi connectivity index (χ0v) is 16.5. The van der Waals surface area contributed by atoms with E-state index in [4.69, 9.17) is 4.42 Å². The molecule has 0 spiro atoms. The maximum atomic E-state index is 13.6. The van der Waals surface area contributed by atoms with E-state index in [2.05, 4.69) is 10.2 Å². The van der Waals surface area contributed by atoms with E-state index in [0.29, 0.717) is 23.4 Å². The average molecular weight is 401 g/mol. The average Bonchev–Trinajstić information content (AvgIpc) is 3.22. The van der Waals surface area contributed by atoms with Gasteiger partial charge in [0.1, 0.15) is 11.5 Å². The largest absolute Gasteiger partial charge is 0.460 e. The van der Waals surface area contributed by atoms with Crippen molar-refractivity contribution in [2.75, 3.05) is 26.2 Å². The number of likely N-dealkylation sites (tertiary alicyclic amines) is 1. The molecule has 1 aliphatic rings. The maximum Gasteiger partial charge on any atom is 0.268 e. The Labute approximate surface area is 168 Å². The van der Waals surface area contributed by atoms with Crippen molar-refractivity contribution in [1.82, 2.24) is 14.8 Å². The molecule has 1 aliphatic heterocycles. The number of nitrogens with zero attached hydrogens (tertiary/aromatic N) is 2. The van der Waals surface area contributed by atoms with Crippen LogP contribution in [0.2, 0.25) is 0 Å². The van der Waals surface area contributed by atoms with Gasteiger partial charge in [-0.2, -0.15) is 0 Å². The lowest BCUT2D eigenvalue weighted by molar-refractivity contribution is 0.0938. The van der Waals surface area contributed by atoms with Crippen LogP contribution in [0.4, 0.5) is 8.78 Å². The SMILES string of the molecule is Cc1cc2c(cc(C(=O)NCCN3CCCCC3)n2Cc2ccc(F)c(F)c2)o1. The van der Waals surface area contributed by atoms with Gasteiger partial charge in [-0.25, -0.2) is 8.78 Å². The molecule has 0 unspecified atom stereocenters. The predicted molar refractivity (Wildman–Crippen MR) is 107 cm³/mol. The summed E-state index contributed by atoms with van der Waals surface area (Å²) >= 11 is 0. The second-order valence-electron chi connectivity index (χ2n) is 7.63. The molecule has 154 valence electrons. The second-order valence-corrected chi connectivity index (χ2v) is 7.63. The fourth-order valence-electron chi connectivity index (χ4n) is 3.95. The number of furan rings is 1. The molecule has 0 aliphatic carbocycles. The van der Waals surface area contributed by atoms with E-state index >= 15 is 0 Å². The number of piperidine rings is 1. The van der Waals surface area contributed by atoms with Crippen molar-refractivity contribution in [2.24, 2.45) is 0 Å². The molecule has 1 fully saturated rings. The van der Waals surface area contributed by atoms with Crippen LogP contribution in [0.25, 0.3) is 11.1 Å². The lowest BCUT2D eigenvalue weighted by Gasteiger charge is -2.26. The Kier molecular flexibility index (Phi) is 5.67. The van der Waals surface area contributed by atoms with Gasteiger partial charge in [-0.15, -0.1) is 0 Å². The van der Waals surface area contributed by atoms with Gasteiger partial charge in [-0.3, -0.25) is 4.79 Å². The van der Waals surface area contributed by atoms with E-state index in [1.165, 1.54) is 25.3 Å². The van der Waals surface area contributed by atoms with Crippen molar-refractivity contribution in [3.05, 3.63) is 59.0 Å². The Morgan fingerprint density at radius 3 is 2.66 bits per heavy atom. The third-order valence-corrected chi connectivity index (χ3v) is 5.43. The summed E-state index contributed by atoms with van der Waals surface area (Å²) in [5.74, 6) is -1.26. The quantitative estimate of drug-likeness (QED) is 0.677. The summed E-state index contributed by atoms with van der Waals surface area (Å²) in [5.41, 5.74) is 2.38. The van der Waals surface area contributed by atoms with Gasteiger partial charge < -0.3 is 19.2 Å². The number of nitrogens with one attached hydrogen (secondary N) is 1. The molecule has 7 heteroatoms. The summed E-state index contributed by atoms with van der Waals surface area (Å²) in [6.45, 7) is 5.62. The van der Waals surface area contributed by atoms with Crippen LogP contribution < -0.4 is 5.32 Å². The van der Waals surface area contributed by atoms with E-state index in [-0.39, 0.29) is 12.5 Å². The first-order chi connectivity index (χ1) is 14.0. The number of amides is 1. The van der Waals surface area contributed by atoms with Crippen LogP contribution >= 0.6 is 0 Å². The molecule has 1 saturated heterocycles. The molecule has 1 N–H and O–H groups in total. The summed E-state index contributed by atoms with van der Waals surface area (Å²) in [5, 5.41) is 2.98. The topological polar surface area (TPSA) is 50.4 Å². The number of carbonyl (C=O) groups excluding carboxylic acids is 1. The van der Waals surface area contributed by atoms with Crippen LogP contribution in [0.15, 0.2) is 34.7 Å². The smallest absolute Gasteiger partial charge is 0.268 e. The molecule has 29 heavy (non-hydrogen) atoms. The number of hydrogen-bond donors (Lipinski definition) is 1. The van der Waals surface area contributed by atoms with Crippen molar-refractivity contribution in [3.63, 3.8) is 0 Å². The van der Waals surface area contributed by atoms with Crippen LogP contribution in [-0.4, -0.2) is 41.6 Å². The van der Waals surface area contributed by atoms with Crippen molar-refractivity contribution in [1.29, 1.82) is 0 Å². The number of halogens is 2. The van der Waals surface area contributed by atoms with E-state index in [1.54, 1.807) is 10.6 Å². The summed E-state index contributed by atoms with van der Waals surface area (Å²) in [7, 11) is 0. The van der Waals surface area contributed by atoms with Gasteiger partial charge in [-0.1, -0.05) is 12.5 Å². The summed E-state index contributed by atoms with van der Waals surface area (Å²) in [6, 6.07) is 7.34. The van der Waals surface area contributed by atoms with Crippen molar-refractivity contribution in [3.8, 4) is 0 Å². The number of benzene rings is 1. The fourth-order valence-corrected chi connectivity index (χ4v) is 3.95. The minimum atomic E-state index is -0.901. The molecule has 0 radical (unpaired) electrons. The van der Waals surface area contributed by atoms with Gasteiger partial charge in [0.15, 0.2) is 17.2 Å². The maximum absolute atomic E-state index is 13.6. The Morgan fingerprint density at radius 1 is 1.10 bits per heavy atom. The highest BCUT2D eigenvalue weighted by Crippen LogP contribution is 2.25. The number of rotatable bonds is 6. The standard InChI is InChI=1S/C22H25F2N3O2/c1-15-11-19-21(29-15)13-20(22(28)25-7-10-26-8-3-2-4-9-26)27(19)14-16-5-6-17(23)18(24)12-16/h5-6,11-13H,2-4,7-10,14H2,1H3,(H,25,28). The van der Waals surface area contributed by atoms with Gasteiger partial charge in [0, 0.05) is 31.8 Å². The minimum Gasteiger partial charge on any atom is -0.460 e. The highest BCUT2D eigenvalue weighted by molar-refractivity contribution is 5.97. The van der Waals surface area contributed by atoms with Crippen LogP contribution in [-0.2, 0) is 6.54 Å². The van der Waals surface area contributed by atoms with Crippen LogP contribution in [0.3, 0.4) is 0 Å². The summed E-state index contributed by atoms with van der Waals surface area (Å²) in [6.07, 6.45) is 3.69. The monoisotopic (exact) mass is 401 g/mol. The number of aryl methyl sites for hydroxylation is 1. The molecule has 5 nitrogen and oxygen atoms in total. The third-order valence-electron chi connectivity index (χ3n) is 5.43. The van der Waals surface area contributed by atoms with Crippen LogP contribution in [0, 0.1) is 18.6 Å². The number of hydrogen-bond acceptors (Lipinski definition) is 3. The first-order valence-corrected chi connectivity index (χ1v) is 10.1. The molecule has 3 aromatic rings. The first-order valence-electron chi connectivity index (χ1n) is 10.1. The molecule has 4 rings (SSSR count). The normalized spacial score (nSPS) is 15.1. The Bertz CT molecular complexity index is 1020. The zero-order chi connectivity index (χ0) is 20.4. The molecule has 0 saturated carbocycles. The van der Waals surface area contributed by atoms with E-state index in [9.17, 15) is 13.6 Å². The number of aromatic nitrogens is 1. The predicted octanol–water partition coefficient (Wildman–Crippen LogP) is 4.08. The Morgan fingerprint density at radius 2 is 1.90 bits per heavy atom. The lowest BCUT2D eigenvalue weighted by atomic mass is 10.1. The van der Waals surface area contributed by atoms with Gasteiger partial charge in [0.2, 0.25) is 0 Å². The second kappa shape index (κ2) is 8.37. The molecular weight excluding hydrogens is 376 g/mol. The first kappa shape index (κ1) is 19.6. The van der Waals surface area contributed by atoms with Gasteiger partial charge in [0.25, 0.3) is 5.91 Å². The van der Waals surface area contributed by atoms with Crippen LogP contribution in [0.1, 0.15) is 41.1 Å². The summed E-state index contributed by atoms with van der Waals surface area (Å²) in [4.78, 5) is 15.2. The van der Waals surface area contributed by atoms with Gasteiger partial charge >= 0.3 is 0 Å². The molecular formula is C22H25F2N3O2. The fraction of sp³-hybridized carbons (Fsp3) is 0.409. The van der Waals surface area contributed by atoms with Crippen molar-refractivity contribution < 1.29 is 18.0 Å². The van der Waals surface area contributed by atoms with Crippen molar-refractivity contribution in [2.45, 2.75) is 32.7 Å². The number of fused-ring (bicyclic) bond motifs is 1. The van der Waals surface area contributed by atoms with Gasteiger partial charge in [0.05, 0.1) is 5.52 Å². The number of carbonyl (C=O) groups is 1. The molecule has 2 aromatic heterocycles. The third kappa shape index (κ3) is 4.34. The zero-order valence-electron chi connectivity index (χ0n) is 16.5. The molecule has 0 bridgehead atoms. The minimum absolute atomic E-state index is 0.200. The Hall–Kier alpha value is -2.67. The molecule has 1 amide bonds. The molecule has 3 heterocycles. The van der Waals surface area contributed by atoms with Crippen LogP contribution in [0.5, 0.6) is 0 Å². The summed E-state index contributed by atoms with van der Waals surface area (Å²) < 4.78 is 34.4. The molecule has 0 atom stereocenters.